The molecule has 0 radical (unpaired) electrons. The number of nitrogens with zero attached hydrogens (tertiary/aromatic N) is 1. The molecule has 0 saturated carbocycles. The van der Waals surface area contributed by atoms with Gasteiger partial charge in [0.05, 0.1) is 12.1 Å². The Kier molecular flexibility index (Phi) is 1.36. The Balaban J connectivity index is 2.23. The van der Waals surface area contributed by atoms with Crippen molar-refractivity contribution in [1.82, 2.24) is 4.57 Å². The molecular weight excluding hydrogens is 202 g/mol. The second-order valence-electron chi connectivity index (χ2n) is 4.60. The second kappa shape index (κ2) is 2.55. The van der Waals surface area contributed by atoms with Crippen LogP contribution in [0.5, 0.6) is 0 Å². The fourth-order valence-electron chi connectivity index (χ4n) is 2.76. The molecule has 1 aromatic heterocycles. The van der Waals surface area contributed by atoms with Crippen LogP contribution >= 0.6 is 0 Å². The SMILES string of the molecule is O=c1ccc2cccc3c2n1CCC31CO1. The number of rotatable bonds is 0. The van der Waals surface area contributed by atoms with Gasteiger partial charge in [0.1, 0.15) is 5.60 Å². The first kappa shape index (κ1) is 8.53. The zero-order valence-corrected chi connectivity index (χ0v) is 8.77. The van der Waals surface area contributed by atoms with Crippen LogP contribution in [0.4, 0.5) is 0 Å². The van der Waals surface area contributed by atoms with Crippen LogP contribution in [0.3, 0.4) is 0 Å². The van der Waals surface area contributed by atoms with Gasteiger partial charge in [-0.1, -0.05) is 18.2 Å². The minimum atomic E-state index is -0.0761. The van der Waals surface area contributed by atoms with Crippen molar-refractivity contribution in [3.8, 4) is 0 Å². The lowest BCUT2D eigenvalue weighted by atomic mass is 9.91. The highest BCUT2D eigenvalue weighted by atomic mass is 16.6. The Morgan fingerprint density at radius 2 is 2.12 bits per heavy atom. The van der Waals surface area contributed by atoms with E-state index in [1.165, 1.54) is 5.56 Å². The van der Waals surface area contributed by atoms with E-state index >= 15 is 0 Å². The largest absolute Gasteiger partial charge is 0.364 e. The smallest absolute Gasteiger partial charge is 0.251 e. The van der Waals surface area contributed by atoms with Gasteiger partial charge in [-0.05, 0) is 11.5 Å². The van der Waals surface area contributed by atoms with Gasteiger partial charge in [0.15, 0.2) is 0 Å². The van der Waals surface area contributed by atoms with E-state index < -0.39 is 0 Å². The number of aryl methyl sites for hydroxylation is 1. The molecule has 2 aromatic rings. The average Bonchev–Trinajstić information content (AvgIpc) is 3.07. The predicted octanol–water partition coefficient (Wildman–Crippen LogP) is 1.63. The van der Waals surface area contributed by atoms with E-state index in [1.807, 2.05) is 16.7 Å². The van der Waals surface area contributed by atoms with Crippen LogP contribution in [0, 0.1) is 0 Å². The summed E-state index contributed by atoms with van der Waals surface area (Å²) in [5.74, 6) is 0. The summed E-state index contributed by atoms with van der Waals surface area (Å²) in [5, 5.41) is 1.13. The molecule has 1 saturated heterocycles. The quantitative estimate of drug-likeness (QED) is 0.623. The Bertz CT molecular complexity index is 653. The lowest BCUT2D eigenvalue weighted by Gasteiger charge is -2.24. The number of hydrogen-bond donors (Lipinski definition) is 0. The molecule has 2 aliphatic rings. The minimum absolute atomic E-state index is 0.0761. The van der Waals surface area contributed by atoms with E-state index in [4.69, 9.17) is 4.74 Å². The molecule has 0 amide bonds. The molecule has 1 spiro atoms. The highest BCUT2D eigenvalue weighted by Crippen LogP contribution is 2.47. The maximum absolute atomic E-state index is 11.8. The van der Waals surface area contributed by atoms with E-state index in [0.29, 0.717) is 0 Å². The average molecular weight is 213 g/mol. The van der Waals surface area contributed by atoms with E-state index in [9.17, 15) is 4.79 Å². The third kappa shape index (κ3) is 0.895. The number of epoxide rings is 1. The lowest BCUT2D eigenvalue weighted by molar-refractivity contribution is 0.275. The molecule has 4 rings (SSSR count). The third-order valence-corrected chi connectivity index (χ3v) is 3.73. The van der Waals surface area contributed by atoms with Gasteiger partial charge >= 0.3 is 0 Å². The Hall–Kier alpha value is -1.61. The van der Waals surface area contributed by atoms with Gasteiger partial charge < -0.3 is 9.30 Å². The Labute approximate surface area is 92.3 Å². The molecule has 2 aliphatic heterocycles. The zero-order valence-electron chi connectivity index (χ0n) is 8.77. The summed E-state index contributed by atoms with van der Waals surface area (Å²) < 4.78 is 7.48. The molecule has 0 aliphatic carbocycles. The van der Waals surface area contributed by atoms with Crippen LogP contribution in [-0.4, -0.2) is 11.2 Å². The van der Waals surface area contributed by atoms with Crippen LogP contribution in [0.15, 0.2) is 35.1 Å². The van der Waals surface area contributed by atoms with Crippen molar-refractivity contribution in [2.45, 2.75) is 18.6 Å². The first-order valence-corrected chi connectivity index (χ1v) is 5.57. The molecule has 1 fully saturated rings. The normalized spacial score (nSPS) is 26.2. The fraction of sp³-hybridized carbons (Fsp3) is 0.308. The minimum Gasteiger partial charge on any atom is -0.364 e. The molecular formula is C13H11NO2. The van der Waals surface area contributed by atoms with Crippen molar-refractivity contribution in [3.05, 3.63) is 46.2 Å². The van der Waals surface area contributed by atoms with Gasteiger partial charge in [-0.3, -0.25) is 4.79 Å². The number of hydrogen-bond acceptors (Lipinski definition) is 2. The number of aromatic nitrogens is 1. The molecule has 3 nitrogen and oxygen atoms in total. The van der Waals surface area contributed by atoms with Crippen molar-refractivity contribution in [1.29, 1.82) is 0 Å². The maximum atomic E-state index is 11.8. The molecule has 16 heavy (non-hydrogen) atoms. The Morgan fingerprint density at radius 3 is 2.94 bits per heavy atom. The molecule has 80 valence electrons. The standard InChI is InChI=1S/C13H11NO2/c15-11-5-4-9-2-1-3-10-12(9)14(11)7-6-13(10)8-16-13/h1-5H,6-8H2. The molecule has 1 atom stereocenters. The summed E-state index contributed by atoms with van der Waals surface area (Å²) in [6, 6.07) is 9.73. The van der Waals surface area contributed by atoms with E-state index in [-0.39, 0.29) is 11.2 Å². The van der Waals surface area contributed by atoms with E-state index in [2.05, 4.69) is 12.1 Å². The van der Waals surface area contributed by atoms with Gasteiger partial charge in [0, 0.05) is 24.6 Å². The number of para-hydroxylation sites is 1. The highest BCUT2D eigenvalue weighted by Gasteiger charge is 2.49. The van der Waals surface area contributed by atoms with Gasteiger partial charge in [-0.2, -0.15) is 0 Å². The second-order valence-corrected chi connectivity index (χ2v) is 4.60. The third-order valence-electron chi connectivity index (χ3n) is 3.73. The summed E-state index contributed by atoms with van der Waals surface area (Å²) >= 11 is 0. The number of ether oxygens (including phenoxy) is 1. The first-order chi connectivity index (χ1) is 7.80. The van der Waals surface area contributed by atoms with Crippen LogP contribution in [-0.2, 0) is 16.9 Å². The summed E-state index contributed by atoms with van der Waals surface area (Å²) in [4.78, 5) is 11.8. The maximum Gasteiger partial charge on any atom is 0.251 e. The van der Waals surface area contributed by atoms with Crippen molar-refractivity contribution in [2.75, 3.05) is 6.61 Å². The monoisotopic (exact) mass is 213 g/mol. The molecule has 0 bridgehead atoms. The van der Waals surface area contributed by atoms with Crippen LogP contribution < -0.4 is 5.56 Å². The van der Waals surface area contributed by atoms with Crippen LogP contribution in [0.1, 0.15) is 12.0 Å². The molecule has 1 aromatic carbocycles. The van der Waals surface area contributed by atoms with Gasteiger partial charge in [0.2, 0.25) is 0 Å². The number of benzene rings is 1. The van der Waals surface area contributed by atoms with Crippen molar-refractivity contribution in [3.63, 3.8) is 0 Å². The number of pyridine rings is 1. The van der Waals surface area contributed by atoms with Crippen molar-refractivity contribution in [2.24, 2.45) is 0 Å². The topological polar surface area (TPSA) is 34.5 Å². The Morgan fingerprint density at radius 1 is 1.25 bits per heavy atom. The lowest BCUT2D eigenvalue weighted by Crippen LogP contribution is -2.28. The molecule has 3 heterocycles. The molecule has 3 heteroatoms. The summed E-state index contributed by atoms with van der Waals surface area (Å²) in [6.45, 7) is 1.57. The predicted molar refractivity (Wildman–Crippen MR) is 60.5 cm³/mol. The van der Waals surface area contributed by atoms with Crippen LogP contribution in [0.25, 0.3) is 10.9 Å². The first-order valence-electron chi connectivity index (χ1n) is 5.57. The van der Waals surface area contributed by atoms with Crippen molar-refractivity contribution >= 4 is 10.9 Å². The molecule has 0 N–H and O–H groups in total. The van der Waals surface area contributed by atoms with Crippen molar-refractivity contribution < 1.29 is 4.74 Å². The van der Waals surface area contributed by atoms with E-state index in [0.717, 1.165) is 30.5 Å². The van der Waals surface area contributed by atoms with E-state index in [1.54, 1.807) is 6.07 Å². The zero-order chi connectivity index (χ0) is 10.8. The molecule has 1 unspecified atom stereocenters. The van der Waals surface area contributed by atoms with Crippen LogP contribution in [0.2, 0.25) is 0 Å². The highest BCUT2D eigenvalue weighted by molar-refractivity contribution is 5.84. The van der Waals surface area contributed by atoms with Gasteiger partial charge in [0.25, 0.3) is 5.56 Å². The summed E-state index contributed by atoms with van der Waals surface area (Å²) in [7, 11) is 0. The number of fused-ring (bicyclic) bond motifs is 1. The summed E-state index contributed by atoms with van der Waals surface area (Å²) in [6.07, 6.45) is 0.920. The van der Waals surface area contributed by atoms with Gasteiger partial charge in [-0.25, -0.2) is 0 Å². The van der Waals surface area contributed by atoms with Gasteiger partial charge in [-0.15, -0.1) is 0 Å². The summed E-state index contributed by atoms with van der Waals surface area (Å²) in [5.41, 5.74) is 2.27. The fourth-order valence-corrected chi connectivity index (χ4v) is 2.76.